The third kappa shape index (κ3) is 6.08. The second-order valence-electron chi connectivity index (χ2n) is 6.22. The second-order valence-corrected chi connectivity index (χ2v) is 6.22. The van der Waals surface area contributed by atoms with Gasteiger partial charge in [-0.3, -0.25) is 19.2 Å². The van der Waals surface area contributed by atoms with Crippen molar-refractivity contribution < 1.29 is 38.1 Å². The molecule has 0 rings (SSSR count). The zero-order valence-electron chi connectivity index (χ0n) is 17.8. The van der Waals surface area contributed by atoms with Crippen LogP contribution >= 0.6 is 0 Å². The first-order valence-electron chi connectivity index (χ1n) is 8.95. The van der Waals surface area contributed by atoms with Crippen LogP contribution < -0.4 is 0 Å². The molecular formula is C22H28O8. The van der Waals surface area contributed by atoms with E-state index in [9.17, 15) is 19.2 Å². The molecule has 0 aromatic heterocycles. The van der Waals surface area contributed by atoms with E-state index < -0.39 is 34.7 Å². The fourth-order valence-corrected chi connectivity index (χ4v) is 2.82. The van der Waals surface area contributed by atoms with Gasteiger partial charge in [-0.15, -0.1) is 13.2 Å². The van der Waals surface area contributed by atoms with Gasteiger partial charge < -0.3 is 18.9 Å². The Bertz CT molecular complexity index is 719. The summed E-state index contributed by atoms with van der Waals surface area (Å²) in [7, 11) is 4.67. The predicted octanol–water partition coefficient (Wildman–Crippen LogP) is 2.14. The van der Waals surface area contributed by atoms with Crippen LogP contribution in [0.5, 0.6) is 0 Å². The van der Waals surface area contributed by atoms with E-state index >= 15 is 0 Å². The third-order valence-electron chi connectivity index (χ3n) is 4.45. The largest absolute Gasteiger partial charge is 0.468 e. The minimum Gasteiger partial charge on any atom is -0.468 e. The lowest BCUT2D eigenvalue weighted by atomic mass is 9.80. The Labute approximate surface area is 176 Å². The maximum absolute atomic E-state index is 12.2. The van der Waals surface area contributed by atoms with Crippen molar-refractivity contribution in [2.24, 2.45) is 10.8 Å². The van der Waals surface area contributed by atoms with Crippen molar-refractivity contribution in [1.29, 1.82) is 0 Å². The molecule has 164 valence electrons. The molecule has 8 heteroatoms. The first-order valence-corrected chi connectivity index (χ1v) is 8.95. The van der Waals surface area contributed by atoms with E-state index in [-0.39, 0.29) is 25.7 Å². The van der Waals surface area contributed by atoms with E-state index in [1.54, 1.807) is 0 Å². The Balaban J connectivity index is 5.65. The molecule has 0 fully saturated rings. The Morgan fingerprint density at radius 3 is 1.53 bits per heavy atom. The first kappa shape index (κ1) is 26.7. The number of hydrogen-bond donors (Lipinski definition) is 0. The van der Waals surface area contributed by atoms with Gasteiger partial charge in [0.1, 0.15) is 0 Å². The van der Waals surface area contributed by atoms with E-state index in [0.717, 1.165) is 14.2 Å². The minimum atomic E-state index is -1.63. The van der Waals surface area contributed by atoms with Crippen LogP contribution in [0.15, 0.2) is 37.5 Å². The Hall–Kier alpha value is -3.34. The quantitative estimate of drug-likeness (QED) is 0.165. The number of methoxy groups -OCH3 is 4. The van der Waals surface area contributed by atoms with Crippen LogP contribution in [0.4, 0.5) is 0 Å². The summed E-state index contributed by atoms with van der Waals surface area (Å²) < 4.78 is 19.0. The van der Waals surface area contributed by atoms with Crippen LogP contribution in [0.1, 0.15) is 25.7 Å². The van der Waals surface area contributed by atoms with Crippen molar-refractivity contribution in [3.63, 3.8) is 0 Å². The fourth-order valence-electron chi connectivity index (χ4n) is 2.82. The van der Waals surface area contributed by atoms with Crippen LogP contribution in [-0.4, -0.2) is 52.3 Å². The van der Waals surface area contributed by atoms with Gasteiger partial charge in [-0.25, -0.2) is 0 Å². The normalized spacial score (nSPS) is 10.9. The summed E-state index contributed by atoms with van der Waals surface area (Å²) in [5, 5.41) is 0. The average Bonchev–Trinajstić information content (AvgIpc) is 2.77. The molecular weight excluding hydrogens is 392 g/mol. The van der Waals surface area contributed by atoms with Crippen molar-refractivity contribution in [2.75, 3.05) is 28.4 Å². The van der Waals surface area contributed by atoms with Crippen molar-refractivity contribution in [1.82, 2.24) is 0 Å². The number of esters is 4. The average molecular weight is 420 g/mol. The Kier molecular flexibility index (Phi) is 11.5. The zero-order chi connectivity index (χ0) is 23.2. The fraction of sp³-hybridized carbons (Fsp3) is 0.455. The van der Waals surface area contributed by atoms with Gasteiger partial charge in [0.05, 0.1) is 28.4 Å². The summed E-state index contributed by atoms with van der Waals surface area (Å²) in [6.45, 7) is 7.12. The summed E-state index contributed by atoms with van der Waals surface area (Å²) in [6, 6.07) is 0. The molecule has 0 aliphatic rings. The van der Waals surface area contributed by atoms with E-state index in [1.807, 2.05) is 0 Å². The lowest BCUT2D eigenvalue weighted by molar-refractivity contribution is -0.170. The number of hydrogen-bond acceptors (Lipinski definition) is 8. The lowest BCUT2D eigenvalue weighted by Crippen LogP contribution is -2.40. The van der Waals surface area contributed by atoms with Crippen LogP contribution in [0.25, 0.3) is 0 Å². The summed E-state index contributed by atoms with van der Waals surface area (Å²) >= 11 is 0. The van der Waals surface area contributed by atoms with E-state index in [2.05, 4.69) is 25.0 Å². The monoisotopic (exact) mass is 420 g/mol. The number of carbonyl (C=O) groups is 4. The summed E-state index contributed by atoms with van der Waals surface area (Å²) in [5.41, 5.74) is -3.20. The molecule has 0 unspecified atom stereocenters. The third-order valence-corrected chi connectivity index (χ3v) is 4.45. The summed E-state index contributed by atoms with van der Waals surface area (Å²) in [4.78, 5) is 48.8. The molecule has 0 bridgehead atoms. The van der Waals surface area contributed by atoms with Crippen molar-refractivity contribution in [3.8, 4) is 11.8 Å². The highest BCUT2D eigenvalue weighted by atomic mass is 16.6. The van der Waals surface area contributed by atoms with Crippen LogP contribution in [0.2, 0.25) is 0 Å². The molecule has 0 radical (unpaired) electrons. The van der Waals surface area contributed by atoms with Crippen molar-refractivity contribution in [3.05, 3.63) is 37.5 Å². The van der Waals surface area contributed by atoms with Gasteiger partial charge in [0, 0.05) is 6.42 Å². The highest BCUT2D eigenvalue weighted by molar-refractivity contribution is 6.01. The molecule has 0 heterocycles. The topological polar surface area (TPSA) is 105 Å². The maximum atomic E-state index is 12.2. The number of rotatable bonds is 11. The smallest absolute Gasteiger partial charge is 0.324 e. The highest BCUT2D eigenvalue weighted by Crippen LogP contribution is 2.32. The van der Waals surface area contributed by atoms with Crippen LogP contribution in [-0.2, 0) is 38.1 Å². The molecule has 0 spiro atoms. The lowest BCUT2D eigenvalue weighted by Gasteiger charge is -2.25. The Morgan fingerprint density at radius 1 is 0.733 bits per heavy atom. The molecule has 0 aromatic carbocycles. The number of allylic oxidation sites excluding steroid dienone is 4. The van der Waals surface area contributed by atoms with E-state index in [1.165, 1.54) is 38.5 Å². The van der Waals surface area contributed by atoms with Crippen molar-refractivity contribution >= 4 is 23.9 Å². The number of carbonyl (C=O) groups excluding carboxylic acids is 4. The van der Waals surface area contributed by atoms with Crippen LogP contribution in [0, 0.1) is 22.7 Å². The molecule has 0 aromatic rings. The minimum absolute atomic E-state index is 0.0112. The van der Waals surface area contributed by atoms with Crippen molar-refractivity contribution in [2.45, 2.75) is 25.7 Å². The molecule has 0 amide bonds. The first-order chi connectivity index (χ1) is 14.3. The molecule has 8 nitrogen and oxygen atoms in total. The van der Waals surface area contributed by atoms with Gasteiger partial charge in [0.2, 0.25) is 0 Å². The van der Waals surface area contributed by atoms with Gasteiger partial charge in [-0.2, -0.15) is 0 Å². The number of ether oxygens (including phenoxy) is 4. The molecule has 0 aliphatic carbocycles. The Morgan fingerprint density at radius 2 is 1.13 bits per heavy atom. The van der Waals surface area contributed by atoms with E-state index in [4.69, 9.17) is 18.9 Å². The highest BCUT2D eigenvalue weighted by Gasteiger charge is 2.47. The zero-order valence-corrected chi connectivity index (χ0v) is 17.8. The van der Waals surface area contributed by atoms with Crippen LogP contribution in [0.3, 0.4) is 0 Å². The molecule has 0 saturated carbocycles. The van der Waals surface area contributed by atoms with Gasteiger partial charge in [0.15, 0.2) is 10.8 Å². The predicted molar refractivity (Wildman–Crippen MR) is 109 cm³/mol. The summed E-state index contributed by atoms with van der Waals surface area (Å²) in [5.74, 6) is 2.30. The van der Waals surface area contributed by atoms with Gasteiger partial charge in [-0.05, 0) is 25.3 Å². The molecule has 30 heavy (non-hydrogen) atoms. The SMILES string of the molecule is C=CCC(CC#C/C=C/CC(CC=C)(C(=O)OC)C(=O)OC)(C(=O)OC)C(=O)OC. The molecule has 0 saturated heterocycles. The van der Waals surface area contributed by atoms with Gasteiger partial charge >= 0.3 is 23.9 Å². The maximum Gasteiger partial charge on any atom is 0.324 e. The van der Waals surface area contributed by atoms with E-state index in [0.29, 0.717) is 0 Å². The standard InChI is InChI=1S/C22H28O8/c1-7-13-21(17(23)27-3,18(24)28-4)15-11-9-10-12-16-22(14-8-2,19(25)29-5)20(26)30-6/h7-9,11H,1-2,13-16H2,3-6H3/b11-9+. The molecule has 0 aliphatic heterocycles. The second kappa shape index (κ2) is 13.0. The molecule has 0 atom stereocenters. The van der Waals surface area contributed by atoms with Gasteiger partial charge in [0.25, 0.3) is 0 Å². The van der Waals surface area contributed by atoms with Gasteiger partial charge in [-0.1, -0.05) is 30.1 Å². The molecule has 0 N–H and O–H groups in total. The summed E-state index contributed by atoms with van der Waals surface area (Å²) in [6.07, 6.45) is 5.50.